The molecule has 0 spiro atoms. The molecule has 0 saturated heterocycles. The Kier molecular flexibility index (Phi) is 25.1. The molecule has 0 aromatic rings. The minimum atomic E-state index is -4.44. The van der Waals surface area contributed by atoms with Gasteiger partial charge in [-0.3, -0.25) is 5.04 Å². The third kappa shape index (κ3) is 25.0. The van der Waals surface area contributed by atoms with Crippen molar-refractivity contribution >= 4 is 22.2 Å². The molecule has 0 aliphatic carbocycles. The topological polar surface area (TPSA) is 139 Å². The predicted octanol–water partition coefficient (Wildman–Crippen LogP) is -7.93. The second-order valence-corrected chi connectivity index (χ2v) is 4.60. The van der Waals surface area contributed by atoms with Crippen LogP contribution in [0.15, 0.2) is 0 Å². The van der Waals surface area contributed by atoms with Gasteiger partial charge >= 0.3 is 59.1 Å². The number of aliphatic hydroxyl groups excluding tert-OH is 2. The van der Waals surface area contributed by atoms with Crippen molar-refractivity contribution in [2.24, 2.45) is 0 Å². The Bertz CT molecular complexity index is 218. The predicted molar refractivity (Wildman–Crippen MR) is 42.8 cm³/mol. The molecule has 0 heterocycles. The maximum atomic E-state index is 9.53. The first-order valence-electron chi connectivity index (χ1n) is 3.14. The molecular weight excluding hydrogens is 286 g/mol. The van der Waals surface area contributed by atoms with Crippen LogP contribution in [0, 0.1) is 0 Å². The van der Waals surface area contributed by atoms with Gasteiger partial charge in [-0.05, 0) is 13.8 Å². The molecule has 0 saturated carbocycles. The van der Waals surface area contributed by atoms with Crippen molar-refractivity contribution in [2.75, 3.05) is 0 Å². The van der Waals surface area contributed by atoms with Crippen LogP contribution in [0.2, 0.25) is 0 Å². The molecule has 0 radical (unpaired) electrons. The van der Waals surface area contributed by atoms with Crippen LogP contribution in [-0.2, 0) is 19.5 Å². The van der Waals surface area contributed by atoms with Crippen molar-refractivity contribution in [3.63, 3.8) is 0 Å². The molecular formula is C4H10Na2O8S2. The summed E-state index contributed by atoms with van der Waals surface area (Å²) in [6, 6.07) is 0. The number of aliphatic hydroxyl groups is 2. The molecule has 2 atom stereocenters. The van der Waals surface area contributed by atoms with Gasteiger partial charge in [-0.2, -0.15) is 4.33 Å². The van der Waals surface area contributed by atoms with Crippen LogP contribution >= 0.6 is 12.0 Å². The van der Waals surface area contributed by atoms with Crippen molar-refractivity contribution in [1.29, 1.82) is 0 Å². The summed E-state index contributed by atoms with van der Waals surface area (Å²) in [5.41, 5.74) is -2.51. The van der Waals surface area contributed by atoms with Gasteiger partial charge in [0.25, 0.3) is 0 Å². The van der Waals surface area contributed by atoms with Gasteiger partial charge in [0, 0.05) is 0 Å². The fraction of sp³-hybridized carbons (Fsp3) is 1.00. The van der Waals surface area contributed by atoms with Crippen molar-refractivity contribution in [3.05, 3.63) is 0 Å². The quantitative estimate of drug-likeness (QED) is 0.129. The molecule has 0 bridgehead atoms. The van der Waals surface area contributed by atoms with Gasteiger partial charge in [0.2, 0.25) is 0 Å². The molecule has 16 heavy (non-hydrogen) atoms. The van der Waals surface area contributed by atoms with Gasteiger partial charge in [-0.15, -0.1) is 0 Å². The van der Waals surface area contributed by atoms with Gasteiger partial charge < -0.3 is 20.0 Å². The maximum absolute atomic E-state index is 9.53. The standard InChI is InChI=1S/2C2H6O4S.2Na/c1-2(3)7(4,5)6;1-2(3)7-6-5-4;;/h2-3H,1H3,(H,4,5,6);2-4H,1H3;;/q;;2*+1/p-2. The van der Waals surface area contributed by atoms with Crippen LogP contribution in [0.4, 0.5) is 0 Å². The largest absolute Gasteiger partial charge is 1.00 e. The SMILES string of the molecule is CC(O)S(=O)(=O)[O-].CC(O)SOO[O-].[Na+].[Na+]. The Balaban J connectivity index is -0.0000000800. The van der Waals surface area contributed by atoms with Crippen molar-refractivity contribution in [1.82, 2.24) is 0 Å². The third-order valence-corrected chi connectivity index (χ3v) is 1.87. The van der Waals surface area contributed by atoms with Crippen molar-refractivity contribution in [3.8, 4) is 0 Å². The Morgan fingerprint density at radius 3 is 1.62 bits per heavy atom. The smallest absolute Gasteiger partial charge is 0.746 e. The summed E-state index contributed by atoms with van der Waals surface area (Å²) in [5, 5.41) is 28.2. The molecule has 12 heteroatoms. The van der Waals surface area contributed by atoms with E-state index in [1.54, 1.807) is 0 Å². The summed E-state index contributed by atoms with van der Waals surface area (Å²) in [5.74, 6) is 0. The van der Waals surface area contributed by atoms with E-state index in [1.165, 1.54) is 6.92 Å². The van der Waals surface area contributed by atoms with Gasteiger partial charge in [-0.1, -0.05) is 0 Å². The molecule has 0 aliphatic heterocycles. The first-order valence-corrected chi connectivity index (χ1v) is 5.42. The van der Waals surface area contributed by atoms with E-state index in [4.69, 9.17) is 15.5 Å². The second kappa shape index (κ2) is 15.1. The van der Waals surface area contributed by atoms with Gasteiger partial charge in [-0.25, -0.2) is 8.42 Å². The van der Waals surface area contributed by atoms with Crippen LogP contribution in [-0.4, -0.2) is 34.1 Å². The second-order valence-electron chi connectivity index (χ2n) is 1.92. The number of hydrogen-bond donors (Lipinski definition) is 2. The average Bonchev–Trinajstić information content (AvgIpc) is 2.00. The Hall–Kier alpha value is 2.06. The summed E-state index contributed by atoms with van der Waals surface area (Å²) in [6.07, 6.45) is 0. The minimum Gasteiger partial charge on any atom is -0.746 e. The molecule has 0 aromatic carbocycles. The Morgan fingerprint density at radius 1 is 1.25 bits per heavy atom. The first kappa shape index (κ1) is 26.6. The molecule has 0 aliphatic rings. The van der Waals surface area contributed by atoms with E-state index in [0.717, 1.165) is 6.92 Å². The van der Waals surface area contributed by atoms with Gasteiger partial charge in [0.15, 0.2) is 0 Å². The van der Waals surface area contributed by atoms with Crippen molar-refractivity contribution < 1.29 is 96.9 Å². The Morgan fingerprint density at radius 2 is 1.56 bits per heavy atom. The zero-order valence-electron chi connectivity index (χ0n) is 9.32. The fourth-order valence-electron chi connectivity index (χ4n) is 0.0729. The molecule has 0 aromatic heterocycles. The van der Waals surface area contributed by atoms with E-state index < -0.39 is 21.0 Å². The number of hydrogen-bond acceptors (Lipinski definition) is 9. The van der Waals surface area contributed by atoms with E-state index in [9.17, 15) is 13.0 Å². The van der Waals surface area contributed by atoms with Crippen LogP contribution in [0.25, 0.3) is 0 Å². The molecule has 0 fully saturated rings. The molecule has 8 nitrogen and oxygen atoms in total. The van der Waals surface area contributed by atoms with Gasteiger partial charge in [0.1, 0.15) is 21.0 Å². The Labute approximate surface area is 142 Å². The maximum Gasteiger partial charge on any atom is 1.00 e. The normalized spacial score (nSPS) is 13.4. The summed E-state index contributed by atoms with van der Waals surface area (Å²) >= 11 is 0.552. The van der Waals surface area contributed by atoms with Crippen LogP contribution < -0.4 is 64.4 Å². The molecule has 0 amide bonds. The molecule has 88 valence electrons. The van der Waals surface area contributed by atoms with Gasteiger partial charge in [0.05, 0.1) is 12.0 Å². The summed E-state index contributed by atoms with van der Waals surface area (Å²) in [4.78, 5) is 0. The van der Waals surface area contributed by atoms with E-state index >= 15 is 0 Å². The molecule has 2 unspecified atom stereocenters. The minimum absolute atomic E-state index is 0. The summed E-state index contributed by atoms with van der Waals surface area (Å²) in [7, 11) is -4.44. The zero-order valence-corrected chi connectivity index (χ0v) is 14.9. The summed E-state index contributed by atoms with van der Waals surface area (Å²) in [6.45, 7) is 2.35. The van der Waals surface area contributed by atoms with Crippen LogP contribution in [0.1, 0.15) is 13.8 Å². The third-order valence-electron chi connectivity index (χ3n) is 0.624. The fourth-order valence-corrected chi connectivity index (χ4v) is 0.219. The van der Waals surface area contributed by atoms with E-state index in [2.05, 4.69) is 9.37 Å². The van der Waals surface area contributed by atoms with E-state index in [-0.39, 0.29) is 59.1 Å². The average molecular weight is 296 g/mol. The van der Waals surface area contributed by atoms with Crippen LogP contribution in [0.3, 0.4) is 0 Å². The monoisotopic (exact) mass is 296 g/mol. The summed E-state index contributed by atoms with van der Waals surface area (Å²) < 4.78 is 32.3. The van der Waals surface area contributed by atoms with E-state index in [1.807, 2.05) is 0 Å². The molecule has 2 N–H and O–H groups in total. The molecule has 0 rings (SSSR count). The zero-order chi connectivity index (χ0) is 11.8. The van der Waals surface area contributed by atoms with E-state index in [0.29, 0.717) is 12.0 Å². The number of rotatable bonds is 4. The van der Waals surface area contributed by atoms with Crippen molar-refractivity contribution in [2.45, 2.75) is 24.7 Å². The van der Waals surface area contributed by atoms with Crippen LogP contribution in [0.5, 0.6) is 0 Å². The first-order chi connectivity index (χ1) is 6.21.